The van der Waals surface area contributed by atoms with E-state index < -0.39 is 17.6 Å². The molecule has 2 N–H and O–H groups in total. The summed E-state index contributed by atoms with van der Waals surface area (Å²) in [6, 6.07) is 15.8. The zero-order valence-corrected chi connectivity index (χ0v) is 21.7. The predicted molar refractivity (Wildman–Crippen MR) is 144 cm³/mol. The third-order valence-corrected chi connectivity index (χ3v) is 5.37. The van der Waals surface area contributed by atoms with E-state index in [1.165, 1.54) is 51.8 Å². The van der Waals surface area contributed by atoms with E-state index in [-0.39, 0.29) is 11.3 Å². The zero-order chi connectivity index (χ0) is 27.7. The van der Waals surface area contributed by atoms with Gasteiger partial charge in [-0.3, -0.25) is 9.59 Å². The molecular weight excluding hydrogens is 491 g/mol. The molecule has 9 nitrogen and oxygen atoms in total. The van der Waals surface area contributed by atoms with Crippen molar-refractivity contribution in [2.75, 3.05) is 40.3 Å². The number of nitrogens with zero attached hydrogens (tertiary/aromatic N) is 2. The minimum atomic E-state index is -0.685. The Kier molecular flexibility index (Phi) is 9.42. The summed E-state index contributed by atoms with van der Waals surface area (Å²) in [5.74, 6) is -0.643. The van der Waals surface area contributed by atoms with Gasteiger partial charge in [0, 0.05) is 30.9 Å². The summed E-state index contributed by atoms with van der Waals surface area (Å²) in [5, 5.41) is 6.56. The number of anilines is 1. The molecule has 0 unspecified atom stereocenters. The van der Waals surface area contributed by atoms with Crippen molar-refractivity contribution >= 4 is 29.8 Å². The van der Waals surface area contributed by atoms with Crippen LogP contribution in [0, 0.1) is 5.82 Å². The molecule has 3 aromatic carbocycles. The van der Waals surface area contributed by atoms with E-state index >= 15 is 0 Å². The molecule has 0 heterocycles. The quantitative estimate of drug-likeness (QED) is 0.239. The van der Waals surface area contributed by atoms with Crippen LogP contribution in [0.15, 0.2) is 71.5 Å². The molecule has 0 aliphatic heterocycles. The van der Waals surface area contributed by atoms with Crippen LogP contribution in [0.25, 0.3) is 6.08 Å². The Hall–Kier alpha value is -4.86. The summed E-state index contributed by atoms with van der Waals surface area (Å²) in [7, 11) is 8.30. The van der Waals surface area contributed by atoms with Crippen molar-refractivity contribution in [2.24, 2.45) is 5.10 Å². The van der Waals surface area contributed by atoms with E-state index in [0.717, 1.165) is 11.8 Å². The van der Waals surface area contributed by atoms with Gasteiger partial charge in [-0.15, -0.1) is 0 Å². The maximum absolute atomic E-state index is 13.6. The molecular formula is C28H29FN4O5. The van der Waals surface area contributed by atoms with E-state index in [1.807, 2.05) is 31.1 Å². The summed E-state index contributed by atoms with van der Waals surface area (Å²) >= 11 is 0. The molecule has 0 radical (unpaired) electrons. The average Bonchev–Trinajstić information content (AvgIpc) is 2.92. The molecule has 3 aromatic rings. The lowest BCUT2D eigenvalue weighted by molar-refractivity contribution is -0.117. The molecule has 38 heavy (non-hydrogen) atoms. The number of hydrogen-bond acceptors (Lipinski definition) is 7. The predicted octanol–water partition coefficient (Wildman–Crippen LogP) is 3.84. The maximum atomic E-state index is 13.6. The molecule has 0 atom stereocenters. The first kappa shape index (κ1) is 27.7. The van der Waals surface area contributed by atoms with Crippen LogP contribution in [-0.2, 0) is 4.79 Å². The lowest BCUT2D eigenvalue weighted by Crippen LogP contribution is -2.32. The highest BCUT2D eigenvalue weighted by atomic mass is 19.1. The lowest BCUT2D eigenvalue weighted by atomic mass is 10.1. The van der Waals surface area contributed by atoms with Crippen LogP contribution < -0.4 is 29.9 Å². The van der Waals surface area contributed by atoms with Crippen LogP contribution >= 0.6 is 0 Å². The summed E-state index contributed by atoms with van der Waals surface area (Å²) < 4.78 is 29.6. The molecule has 0 aliphatic rings. The number of nitrogens with one attached hydrogen (secondary N) is 2. The number of ether oxygens (including phenoxy) is 3. The first-order valence-electron chi connectivity index (χ1n) is 11.4. The number of benzene rings is 3. The largest absolute Gasteiger partial charge is 0.493 e. The molecule has 0 spiro atoms. The zero-order valence-electron chi connectivity index (χ0n) is 21.7. The fourth-order valence-electron chi connectivity index (χ4n) is 3.42. The first-order chi connectivity index (χ1) is 18.2. The van der Waals surface area contributed by atoms with Crippen LogP contribution in [0.5, 0.6) is 17.2 Å². The van der Waals surface area contributed by atoms with E-state index in [1.54, 1.807) is 24.3 Å². The smallest absolute Gasteiger partial charge is 0.287 e. The first-order valence-corrected chi connectivity index (χ1v) is 11.4. The van der Waals surface area contributed by atoms with Gasteiger partial charge in [0.25, 0.3) is 11.8 Å². The molecule has 0 aromatic heterocycles. The van der Waals surface area contributed by atoms with Crippen LogP contribution in [0.4, 0.5) is 10.1 Å². The Labute approximate surface area is 220 Å². The Morgan fingerprint density at radius 3 is 2.11 bits per heavy atom. The third-order valence-electron chi connectivity index (χ3n) is 5.37. The Bertz CT molecular complexity index is 1330. The van der Waals surface area contributed by atoms with Crippen molar-refractivity contribution < 1.29 is 28.2 Å². The van der Waals surface area contributed by atoms with Gasteiger partial charge in [0.2, 0.25) is 5.75 Å². The molecule has 3 rings (SSSR count). The molecule has 2 amide bonds. The molecule has 0 aliphatic carbocycles. The van der Waals surface area contributed by atoms with Gasteiger partial charge in [-0.1, -0.05) is 18.2 Å². The number of carbonyl (C=O) groups excluding carboxylic acids is 2. The van der Waals surface area contributed by atoms with Gasteiger partial charge >= 0.3 is 0 Å². The third kappa shape index (κ3) is 7.10. The van der Waals surface area contributed by atoms with Gasteiger partial charge in [0.1, 0.15) is 11.5 Å². The number of halogens is 1. The SMILES string of the molecule is COc1cc(/C=N\NC(=O)/C(=C/c2ccc(N(C)C)cc2)NC(=O)c2cccc(F)c2)cc(OC)c1OC. The van der Waals surface area contributed by atoms with E-state index in [0.29, 0.717) is 28.4 Å². The molecule has 0 bridgehead atoms. The number of carbonyl (C=O) groups is 2. The number of methoxy groups -OCH3 is 3. The molecule has 10 heteroatoms. The Morgan fingerprint density at radius 2 is 1.55 bits per heavy atom. The van der Waals surface area contributed by atoms with Gasteiger partial charge in [-0.25, -0.2) is 9.82 Å². The second-order valence-corrected chi connectivity index (χ2v) is 8.17. The molecule has 0 saturated heterocycles. The highest BCUT2D eigenvalue weighted by Gasteiger charge is 2.16. The number of hydrazone groups is 1. The standard InChI is InChI=1S/C28H29FN4O5/c1-33(2)22-11-9-18(10-12-22)13-23(31-27(34)20-7-6-8-21(29)16-20)28(35)32-30-17-19-14-24(36-3)26(38-5)25(15-19)37-4/h6-17H,1-5H3,(H,31,34)(H,32,35)/b23-13-,30-17-. The minimum Gasteiger partial charge on any atom is -0.493 e. The van der Waals surface area contributed by atoms with Crippen molar-refractivity contribution in [1.82, 2.24) is 10.7 Å². The van der Waals surface area contributed by atoms with E-state index in [9.17, 15) is 14.0 Å². The Morgan fingerprint density at radius 1 is 0.895 bits per heavy atom. The van der Waals surface area contributed by atoms with Gasteiger partial charge in [0.15, 0.2) is 11.5 Å². The van der Waals surface area contributed by atoms with Gasteiger partial charge in [-0.2, -0.15) is 5.10 Å². The van der Waals surface area contributed by atoms with Gasteiger partial charge in [-0.05, 0) is 54.1 Å². The van der Waals surface area contributed by atoms with Gasteiger partial charge in [0.05, 0.1) is 27.5 Å². The lowest BCUT2D eigenvalue weighted by Gasteiger charge is -2.13. The van der Waals surface area contributed by atoms with Crippen molar-refractivity contribution in [2.45, 2.75) is 0 Å². The highest BCUT2D eigenvalue weighted by molar-refractivity contribution is 6.05. The monoisotopic (exact) mass is 520 g/mol. The fraction of sp³-hybridized carbons (Fsp3) is 0.179. The van der Waals surface area contributed by atoms with E-state index in [4.69, 9.17) is 14.2 Å². The van der Waals surface area contributed by atoms with Crippen molar-refractivity contribution in [1.29, 1.82) is 0 Å². The summed E-state index contributed by atoms with van der Waals surface area (Å²) in [4.78, 5) is 27.7. The second kappa shape index (κ2) is 12.9. The second-order valence-electron chi connectivity index (χ2n) is 8.17. The average molecular weight is 521 g/mol. The molecule has 0 fully saturated rings. The number of amides is 2. The van der Waals surface area contributed by atoms with Crippen molar-refractivity contribution in [3.63, 3.8) is 0 Å². The van der Waals surface area contributed by atoms with Crippen molar-refractivity contribution in [3.8, 4) is 17.2 Å². The maximum Gasteiger partial charge on any atom is 0.287 e. The summed E-state index contributed by atoms with van der Waals surface area (Å²) in [6.45, 7) is 0. The summed E-state index contributed by atoms with van der Waals surface area (Å²) in [5.41, 5.74) is 4.57. The van der Waals surface area contributed by atoms with E-state index in [2.05, 4.69) is 15.8 Å². The highest BCUT2D eigenvalue weighted by Crippen LogP contribution is 2.37. The summed E-state index contributed by atoms with van der Waals surface area (Å²) in [6.07, 6.45) is 2.89. The van der Waals surface area contributed by atoms with Gasteiger partial charge < -0.3 is 24.4 Å². The molecule has 198 valence electrons. The Balaban J connectivity index is 1.86. The minimum absolute atomic E-state index is 0.0626. The van der Waals surface area contributed by atoms with Crippen LogP contribution in [0.1, 0.15) is 21.5 Å². The van der Waals surface area contributed by atoms with Crippen molar-refractivity contribution in [3.05, 3.63) is 88.9 Å². The van der Waals surface area contributed by atoms with Crippen LogP contribution in [0.2, 0.25) is 0 Å². The van der Waals surface area contributed by atoms with Crippen LogP contribution in [0.3, 0.4) is 0 Å². The number of rotatable bonds is 10. The molecule has 0 saturated carbocycles. The van der Waals surface area contributed by atoms with Crippen LogP contribution in [-0.4, -0.2) is 53.5 Å². The fourth-order valence-corrected chi connectivity index (χ4v) is 3.42. The normalized spacial score (nSPS) is 11.2. The topological polar surface area (TPSA) is 101 Å². The number of hydrogen-bond donors (Lipinski definition) is 2.